The van der Waals surface area contributed by atoms with E-state index in [-0.39, 0.29) is 4.90 Å². The third-order valence-corrected chi connectivity index (χ3v) is 6.07. The van der Waals surface area contributed by atoms with Crippen molar-refractivity contribution in [3.63, 3.8) is 0 Å². The molecule has 0 spiro atoms. The van der Waals surface area contributed by atoms with Gasteiger partial charge in [0.15, 0.2) is 0 Å². The van der Waals surface area contributed by atoms with Gasteiger partial charge in [0.2, 0.25) is 0 Å². The van der Waals surface area contributed by atoms with Crippen LogP contribution in [0.5, 0.6) is 5.75 Å². The van der Waals surface area contributed by atoms with Crippen LogP contribution in [0.15, 0.2) is 51.8 Å². The monoisotopic (exact) mass is 431 g/mol. The number of fused-ring (bicyclic) bond motifs is 1. The molecule has 0 aliphatic carbocycles. The zero-order chi connectivity index (χ0) is 21.7. The third-order valence-electron chi connectivity index (χ3n) is 4.67. The Morgan fingerprint density at radius 3 is 2.50 bits per heavy atom. The molecule has 3 aromatic rings. The van der Waals surface area contributed by atoms with Gasteiger partial charge in [0.25, 0.3) is 10.0 Å². The van der Waals surface area contributed by atoms with E-state index in [9.17, 15) is 13.2 Å². The first-order valence-electron chi connectivity index (χ1n) is 9.73. The standard InChI is InChI=1S/C22H25NO6S/c1-4-5-6-13-28-22(24)21-15(2)29-20-12-7-16(14-19(20)21)23-30(25,26)18-10-8-17(27-3)9-11-18/h7-12,14,23H,4-6,13H2,1-3H3. The van der Waals surface area contributed by atoms with Crippen molar-refractivity contribution in [2.45, 2.75) is 38.0 Å². The Bertz CT molecular complexity index is 1130. The number of hydrogen-bond acceptors (Lipinski definition) is 6. The van der Waals surface area contributed by atoms with Gasteiger partial charge < -0.3 is 13.9 Å². The summed E-state index contributed by atoms with van der Waals surface area (Å²) in [7, 11) is -2.30. The van der Waals surface area contributed by atoms with Gasteiger partial charge in [-0.25, -0.2) is 13.2 Å². The summed E-state index contributed by atoms with van der Waals surface area (Å²) in [4.78, 5) is 12.6. The summed E-state index contributed by atoms with van der Waals surface area (Å²) in [5.41, 5.74) is 1.12. The van der Waals surface area contributed by atoms with Crippen molar-refractivity contribution in [2.24, 2.45) is 0 Å². The number of rotatable bonds is 9. The Morgan fingerprint density at radius 2 is 1.83 bits per heavy atom. The molecule has 0 radical (unpaired) electrons. The zero-order valence-electron chi connectivity index (χ0n) is 17.2. The van der Waals surface area contributed by atoms with Crippen LogP contribution in [0.1, 0.15) is 42.3 Å². The zero-order valence-corrected chi connectivity index (χ0v) is 18.0. The van der Waals surface area contributed by atoms with Crippen molar-refractivity contribution < 1.29 is 27.1 Å². The molecule has 2 aromatic carbocycles. The highest BCUT2D eigenvalue weighted by atomic mass is 32.2. The van der Waals surface area contributed by atoms with E-state index in [1.807, 2.05) is 0 Å². The molecule has 0 aliphatic rings. The molecule has 1 heterocycles. The number of nitrogens with one attached hydrogen (secondary N) is 1. The number of carbonyl (C=O) groups excluding carboxylic acids is 1. The summed E-state index contributed by atoms with van der Waals surface area (Å²) in [6.45, 7) is 4.09. The number of hydrogen-bond donors (Lipinski definition) is 1. The fourth-order valence-corrected chi connectivity index (χ4v) is 4.14. The van der Waals surface area contributed by atoms with Crippen molar-refractivity contribution in [3.05, 3.63) is 53.8 Å². The van der Waals surface area contributed by atoms with E-state index in [0.717, 1.165) is 19.3 Å². The van der Waals surface area contributed by atoms with Crippen LogP contribution < -0.4 is 9.46 Å². The lowest BCUT2D eigenvalue weighted by molar-refractivity contribution is 0.0498. The highest BCUT2D eigenvalue weighted by Crippen LogP contribution is 2.30. The lowest BCUT2D eigenvalue weighted by Gasteiger charge is -2.09. The topological polar surface area (TPSA) is 94.8 Å². The van der Waals surface area contributed by atoms with Gasteiger partial charge in [-0.2, -0.15) is 0 Å². The van der Waals surface area contributed by atoms with Crippen LogP contribution >= 0.6 is 0 Å². The lowest BCUT2D eigenvalue weighted by atomic mass is 10.1. The van der Waals surface area contributed by atoms with Crippen LogP contribution in [0.2, 0.25) is 0 Å². The second-order valence-corrected chi connectivity index (χ2v) is 8.55. The average Bonchev–Trinajstić information content (AvgIpc) is 3.06. The molecule has 1 N–H and O–H groups in total. The Morgan fingerprint density at radius 1 is 1.10 bits per heavy atom. The maximum atomic E-state index is 12.7. The van der Waals surface area contributed by atoms with E-state index in [1.54, 1.807) is 37.3 Å². The van der Waals surface area contributed by atoms with Gasteiger partial charge in [0, 0.05) is 11.1 Å². The molecule has 0 unspecified atom stereocenters. The van der Waals surface area contributed by atoms with Gasteiger partial charge in [0.05, 0.1) is 18.6 Å². The molecule has 1 aromatic heterocycles. The molecule has 3 rings (SSSR count). The normalized spacial score (nSPS) is 11.4. The molecule has 0 aliphatic heterocycles. The lowest BCUT2D eigenvalue weighted by Crippen LogP contribution is -2.13. The van der Waals surface area contributed by atoms with Crippen molar-refractivity contribution in [3.8, 4) is 5.75 Å². The first-order chi connectivity index (χ1) is 14.4. The highest BCUT2D eigenvalue weighted by molar-refractivity contribution is 7.92. The van der Waals surface area contributed by atoms with E-state index in [0.29, 0.717) is 40.3 Å². The van der Waals surface area contributed by atoms with Gasteiger partial charge in [-0.3, -0.25) is 4.72 Å². The van der Waals surface area contributed by atoms with Crippen LogP contribution in [0.4, 0.5) is 5.69 Å². The molecule has 7 nitrogen and oxygen atoms in total. The first-order valence-corrected chi connectivity index (χ1v) is 11.2. The highest BCUT2D eigenvalue weighted by Gasteiger charge is 2.21. The molecule has 0 bridgehead atoms. The maximum Gasteiger partial charge on any atom is 0.342 e. The van der Waals surface area contributed by atoms with Gasteiger partial charge in [-0.15, -0.1) is 0 Å². The van der Waals surface area contributed by atoms with Crippen LogP contribution in [0.3, 0.4) is 0 Å². The number of carbonyl (C=O) groups is 1. The smallest absolute Gasteiger partial charge is 0.342 e. The predicted octanol–water partition coefficient (Wildman–Crippen LogP) is 4.90. The second kappa shape index (κ2) is 9.21. The van der Waals surface area contributed by atoms with E-state index in [4.69, 9.17) is 13.9 Å². The number of methoxy groups -OCH3 is 1. The Hall–Kier alpha value is -3.00. The van der Waals surface area contributed by atoms with Gasteiger partial charge >= 0.3 is 5.97 Å². The number of unbranched alkanes of at least 4 members (excludes halogenated alkanes) is 2. The van der Waals surface area contributed by atoms with Gasteiger partial charge in [-0.05, 0) is 55.8 Å². The quantitative estimate of drug-likeness (QED) is 0.383. The van der Waals surface area contributed by atoms with E-state index >= 15 is 0 Å². The number of anilines is 1. The average molecular weight is 432 g/mol. The number of aryl methyl sites for hydroxylation is 1. The van der Waals surface area contributed by atoms with Crippen LogP contribution in [-0.2, 0) is 14.8 Å². The molecule has 0 atom stereocenters. The van der Waals surface area contributed by atoms with Gasteiger partial charge in [-0.1, -0.05) is 19.8 Å². The molecule has 30 heavy (non-hydrogen) atoms. The number of ether oxygens (including phenoxy) is 2. The molecule has 0 saturated heterocycles. The third kappa shape index (κ3) is 4.76. The summed E-state index contributed by atoms with van der Waals surface area (Å²) in [6.07, 6.45) is 2.81. The van der Waals surface area contributed by atoms with E-state index in [2.05, 4.69) is 11.6 Å². The Labute approximate surface area is 176 Å². The predicted molar refractivity (Wildman–Crippen MR) is 115 cm³/mol. The molecule has 160 valence electrons. The molecule has 0 fully saturated rings. The van der Waals surface area contributed by atoms with Crippen molar-refractivity contribution in [1.29, 1.82) is 0 Å². The molecular formula is C22H25NO6S. The summed E-state index contributed by atoms with van der Waals surface area (Å²) in [5.74, 6) is 0.518. The van der Waals surface area contributed by atoms with Gasteiger partial charge in [0.1, 0.15) is 22.7 Å². The fraction of sp³-hybridized carbons (Fsp3) is 0.318. The number of benzene rings is 2. The molecular weight excluding hydrogens is 406 g/mol. The number of furan rings is 1. The van der Waals surface area contributed by atoms with Crippen molar-refractivity contribution in [1.82, 2.24) is 0 Å². The summed E-state index contributed by atoms with van der Waals surface area (Å²) >= 11 is 0. The summed E-state index contributed by atoms with van der Waals surface area (Å²) in [6, 6.07) is 10.9. The minimum absolute atomic E-state index is 0.0994. The maximum absolute atomic E-state index is 12.7. The largest absolute Gasteiger partial charge is 0.497 e. The molecule has 8 heteroatoms. The minimum atomic E-state index is -3.81. The minimum Gasteiger partial charge on any atom is -0.497 e. The SMILES string of the molecule is CCCCCOC(=O)c1c(C)oc2ccc(NS(=O)(=O)c3ccc(OC)cc3)cc12. The Balaban J connectivity index is 1.86. The van der Waals surface area contributed by atoms with E-state index in [1.165, 1.54) is 19.2 Å². The number of sulfonamides is 1. The van der Waals surface area contributed by atoms with E-state index < -0.39 is 16.0 Å². The van der Waals surface area contributed by atoms with Crippen molar-refractivity contribution in [2.75, 3.05) is 18.4 Å². The number of esters is 1. The summed E-state index contributed by atoms with van der Waals surface area (Å²) < 4.78 is 44.0. The fourth-order valence-electron chi connectivity index (χ4n) is 3.10. The Kier molecular flexibility index (Phi) is 6.66. The second-order valence-electron chi connectivity index (χ2n) is 6.87. The molecule has 0 saturated carbocycles. The first kappa shape index (κ1) is 21.7. The van der Waals surface area contributed by atoms with Crippen LogP contribution in [-0.4, -0.2) is 28.1 Å². The molecule has 0 amide bonds. The van der Waals surface area contributed by atoms with Crippen LogP contribution in [0.25, 0.3) is 11.0 Å². The summed E-state index contributed by atoms with van der Waals surface area (Å²) in [5, 5.41) is 0.503. The van der Waals surface area contributed by atoms with Crippen LogP contribution in [0, 0.1) is 6.92 Å². The van der Waals surface area contributed by atoms with Crippen molar-refractivity contribution >= 4 is 32.6 Å².